The second-order valence-electron chi connectivity index (χ2n) is 5.65. The molecule has 1 saturated heterocycles. The van der Waals surface area contributed by atoms with E-state index >= 15 is 0 Å². The lowest BCUT2D eigenvalue weighted by Crippen LogP contribution is -2.37. The molecule has 1 fully saturated rings. The number of piperidine rings is 1. The Hall–Kier alpha value is -1.39. The van der Waals surface area contributed by atoms with Crippen molar-refractivity contribution in [2.24, 2.45) is 11.7 Å². The van der Waals surface area contributed by atoms with Gasteiger partial charge in [0.05, 0.1) is 0 Å². The van der Waals surface area contributed by atoms with Gasteiger partial charge in [-0.15, -0.1) is 0 Å². The number of benzene rings is 1. The molecule has 0 saturated carbocycles. The fraction of sp³-hybridized carbons (Fsp3) is 0.562. The van der Waals surface area contributed by atoms with E-state index in [1.54, 1.807) is 0 Å². The summed E-state index contributed by atoms with van der Waals surface area (Å²) in [6, 6.07) is 7.73. The van der Waals surface area contributed by atoms with Crippen molar-refractivity contribution in [3.8, 4) is 0 Å². The van der Waals surface area contributed by atoms with Crippen molar-refractivity contribution in [2.45, 2.75) is 19.3 Å². The highest BCUT2D eigenvalue weighted by molar-refractivity contribution is 5.95. The highest BCUT2D eigenvalue weighted by Gasteiger charge is 2.18. The van der Waals surface area contributed by atoms with Gasteiger partial charge in [-0.25, -0.2) is 0 Å². The van der Waals surface area contributed by atoms with Crippen LogP contribution in [-0.2, 0) is 6.42 Å². The van der Waals surface area contributed by atoms with Crippen molar-refractivity contribution in [3.05, 3.63) is 35.4 Å². The molecule has 1 aromatic carbocycles. The fourth-order valence-electron chi connectivity index (χ4n) is 2.71. The summed E-state index contributed by atoms with van der Waals surface area (Å²) < 4.78 is 0. The number of carbonyl (C=O) groups is 1. The number of nitrogens with one attached hydrogen (secondary N) is 1. The van der Waals surface area contributed by atoms with Crippen LogP contribution >= 0.6 is 0 Å². The predicted octanol–water partition coefficient (Wildman–Crippen LogP) is 1.26. The van der Waals surface area contributed by atoms with Gasteiger partial charge >= 0.3 is 0 Å². The van der Waals surface area contributed by atoms with E-state index in [1.165, 1.54) is 12.8 Å². The molecule has 0 unspecified atom stereocenters. The Balaban J connectivity index is 1.88. The second-order valence-corrected chi connectivity index (χ2v) is 5.65. The Morgan fingerprint density at radius 2 is 2.05 bits per heavy atom. The standard InChI is InChI=1S/C16H25N3O/c1-19-10-7-13(8-11-19)12-18-16(20)15-5-3-2-4-14(15)6-9-17/h2-5,13H,6-12,17H2,1H3,(H,18,20). The summed E-state index contributed by atoms with van der Waals surface area (Å²) >= 11 is 0. The van der Waals surface area contributed by atoms with Crippen LogP contribution in [0.2, 0.25) is 0 Å². The van der Waals surface area contributed by atoms with Gasteiger partial charge in [-0.05, 0) is 63.5 Å². The highest BCUT2D eigenvalue weighted by Crippen LogP contribution is 2.15. The molecule has 1 aliphatic rings. The van der Waals surface area contributed by atoms with Gasteiger partial charge in [-0.3, -0.25) is 4.79 Å². The highest BCUT2D eigenvalue weighted by atomic mass is 16.1. The topological polar surface area (TPSA) is 58.4 Å². The molecule has 1 aromatic rings. The van der Waals surface area contributed by atoms with E-state index in [2.05, 4.69) is 17.3 Å². The first-order chi connectivity index (χ1) is 9.70. The molecule has 4 nitrogen and oxygen atoms in total. The SMILES string of the molecule is CN1CCC(CNC(=O)c2ccccc2CCN)CC1. The average Bonchev–Trinajstić information content (AvgIpc) is 2.47. The lowest BCUT2D eigenvalue weighted by molar-refractivity contribution is 0.0938. The maximum Gasteiger partial charge on any atom is 0.251 e. The van der Waals surface area contributed by atoms with Crippen LogP contribution in [0.1, 0.15) is 28.8 Å². The average molecular weight is 275 g/mol. The van der Waals surface area contributed by atoms with Crippen molar-refractivity contribution < 1.29 is 4.79 Å². The number of nitrogens with two attached hydrogens (primary N) is 1. The summed E-state index contributed by atoms with van der Waals surface area (Å²) in [5, 5.41) is 3.08. The maximum absolute atomic E-state index is 12.3. The van der Waals surface area contributed by atoms with Gasteiger partial charge in [0, 0.05) is 12.1 Å². The number of hydrogen-bond acceptors (Lipinski definition) is 3. The Morgan fingerprint density at radius 3 is 2.75 bits per heavy atom. The third kappa shape index (κ3) is 4.05. The van der Waals surface area contributed by atoms with E-state index in [9.17, 15) is 4.79 Å². The van der Waals surface area contributed by atoms with Gasteiger partial charge in [0.1, 0.15) is 0 Å². The first kappa shape index (κ1) is 15.0. The van der Waals surface area contributed by atoms with Gasteiger partial charge in [0.2, 0.25) is 0 Å². The number of hydrogen-bond donors (Lipinski definition) is 2. The van der Waals surface area contributed by atoms with Gasteiger partial charge in [0.15, 0.2) is 0 Å². The summed E-state index contributed by atoms with van der Waals surface area (Å²) in [6.45, 7) is 3.61. The van der Waals surface area contributed by atoms with E-state index in [0.29, 0.717) is 12.5 Å². The van der Waals surface area contributed by atoms with Crippen molar-refractivity contribution >= 4 is 5.91 Å². The van der Waals surface area contributed by atoms with Crippen LogP contribution < -0.4 is 11.1 Å². The monoisotopic (exact) mass is 275 g/mol. The van der Waals surface area contributed by atoms with Gasteiger partial charge in [0.25, 0.3) is 5.91 Å². The Morgan fingerprint density at radius 1 is 1.35 bits per heavy atom. The summed E-state index contributed by atoms with van der Waals surface area (Å²) in [5.74, 6) is 0.643. The van der Waals surface area contributed by atoms with Crippen LogP contribution in [0.3, 0.4) is 0 Å². The van der Waals surface area contributed by atoms with Crippen LogP contribution in [-0.4, -0.2) is 44.0 Å². The molecule has 3 N–H and O–H groups in total. The summed E-state index contributed by atoms with van der Waals surface area (Å²) in [6.07, 6.45) is 3.08. The van der Waals surface area contributed by atoms with Crippen molar-refractivity contribution in [1.29, 1.82) is 0 Å². The molecule has 1 aliphatic heterocycles. The smallest absolute Gasteiger partial charge is 0.251 e. The normalized spacial score (nSPS) is 17.1. The fourth-order valence-corrected chi connectivity index (χ4v) is 2.71. The van der Waals surface area contributed by atoms with Crippen LogP contribution in [0, 0.1) is 5.92 Å². The third-order valence-electron chi connectivity index (χ3n) is 4.07. The molecule has 1 amide bonds. The third-order valence-corrected chi connectivity index (χ3v) is 4.07. The maximum atomic E-state index is 12.3. The molecule has 20 heavy (non-hydrogen) atoms. The molecule has 0 aliphatic carbocycles. The van der Waals surface area contributed by atoms with Crippen LogP contribution in [0.15, 0.2) is 24.3 Å². The first-order valence-electron chi connectivity index (χ1n) is 7.45. The molecular formula is C16H25N3O. The lowest BCUT2D eigenvalue weighted by Gasteiger charge is -2.29. The zero-order valence-electron chi connectivity index (χ0n) is 12.3. The molecule has 1 heterocycles. The predicted molar refractivity (Wildman–Crippen MR) is 81.8 cm³/mol. The van der Waals surface area contributed by atoms with E-state index in [4.69, 9.17) is 5.73 Å². The molecule has 0 atom stereocenters. The molecule has 0 bridgehead atoms. The number of carbonyl (C=O) groups excluding carboxylic acids is 1. The first-order valence-corrected chi connectivity index (χ1v) is 7.45. The zero-order chi connectivity index (χ0) is 14.4. The largest absolute Gasteiger partial charge is 0.352 e. The van der Waals surface area contributed by atoms with Crippen molar-refractivity contribution in [2.75, 3.05) is 33.2 Å². The molecule has 0 aromatic heterocycles. The Labute approximate surface area is 121 Å². The molecular weight excluding hydrogens is 250 g/mol. The minimum Gasteiger partial charge on any atom is -0.352 e. The van der Waals surface area contributed by atoms with Crippen LogP contribution in [0.4, 0.5) is 0 Å². The van der Waals surface area contributed by atoms with Gasteiger partial charge in [-0.1, -0.05) is 18.2 Å². The number of rotatable bonds is 5. The number of amides is 1. The Kier molecular flexibility index (Phi) is 5.56. The minimum atomic E-state index is 0.0352. The number of likely N-dealkylation sites (tertiary alicyclic amines) is 1. The molecule has 110 valence electrons. The minimum absolute atomic E-state index is 0.0352. The van der Waals surface area contributed by atoms with Crippen LogP contribution in [0.25, 0.3) is 0 Å². The zero-order valence-corrected chi connectivity index (χ0v) is 12.3. The second kappa shape index (κ2) is 7.41. The molecule has 0 radical (unpaired) electrons. The van der Waals surface area contributed by atoms with Crippen LogP contribution in [0.5, 0.6) is 0 Å². The molecule has 4 heteroatoms. The van der Waals surface area contributed by atoms with E-state index in [0.717, 1.165) is 37.2 Å². The summed E-state index contributed by atoms with van der Waals surface area (Å²) in [7, 11) is 2.15. The van der Waals surface area contributed by atoms with Gasteiger partial charge < -0.3 is 16.0 Å². The van der Waals surface area contributed by atoms with Crippen molar-refractivity contribution in [3.63, 3.8) is 0 Å². The van der Waals surface area contributed by atoms with E-state index < -0.39 is 0 Å². The Bertz CT molecular complexity index is 439. The van der Waals surface area contributed by atoms with E-state index in [1.807, 2.05) is 24.3 Å². The summed E-state index contributed by atoms with van der Waals surface area (Å²) in [4.78, 5) is 14.6. The molecule has 0 spiro atoms. The van der Waals surface area contributed by atoms with E-state index in [-0.39, 0.29) is 5.91 Å². The molecule has 2 rings (SSSR count). The quantitative estimate of drug-likeness (QED) is 0.850. The van der Waals surface area contributed by atoms with Gasteiger partial charge in [-0.2, -0.15) is 0 Å². The number of nitrogens with zero attached hydrogens (tertiary/aromatic N) is 1. The lowest BCUT2D eigenvalue weighted by atomic mass is 9.97. The van der Waals surface area contributed by atoms with Crippen molar-refractivity contribution in [1.82, 2.24) is 10.2 Å². The summed E-state index contributed by atoms with van der Waals surface area (Å²) in [5.41, 5.74) is 7.40.